The summed E-state index contributed by atoms with van der Waals surface area (Å²) in [5.74, 6) is -1.01. The summed E-state index contributed by atoms with van der Waals surface area (Å²) >= 11 is 0. The molecule has 0 aromatic heterocycles. The number of hydrogen-bond acceptors (Lipinski definition) is 4. The second kappa shape index (κ2) is 6.11. The van der Waals surface area contributed by atoms with Gasteiger partial charge in [0.1, 0.15) is 5.78 Å². The van der Waals surface area contributed by atoms with E-state index in [1.165, 1.54) is 6.92 Å². The van der Waals surface area contributed by atoms with Gasteiger partial charge in [-0.1, -0.05) is 0 Å². The molecular formula is C8H16O4. The molecule has 0 aromatic rings. The zero-order chi connectivity index (χ0) is 9.56. The number of carbonyl (C=O) groups excluding carboxylic acids is 1. The van der Waals surface area contributed by atoms with Gasteiger partial charge < -0.3 is 15.3 Å². The predicted molar refractivity (Wildman–Crippen MR) is 43.5 cm³/mol. The minimum Gasteiger partial charge on any atom is -0.396 e. The summed E-state index contributed by atoms with van der Waals surface area (Å²) in [5.41, 5.74) is 0. The number of ketones is 1. The zero-order valence-corrected chi connectivity index (χ0v) is 7.23. The Hall–Kier alpha value is -0.450. The molecule has 0 aliphatic rings. The summed E-state index contributed by atoms with van der Waals surface area (Å²) in [6.07, 6.45) is 0.349. The van der Waals surface area contributed by atoms with Crippen LogP contribution in [-0.2, 0) is 4.79 Å². The maximum absolute atomic E-state index is 10.9. The van der Waals surface area contributed by atoms with Crippen molar-refractivity contribution in [2.75, 3.05) is 19.8 Å². The van der Waals surface area contributed by atoms with E-state index in [-0.39, 0.29) is 31.5 Å². The van der Waals surface area contributed by atoms with E-state index < -0.39 is 5.92 Å². The van der Waals surface area contributed by atoms with Crippen molar-refractivity contribution in [3.05, 3.63) is 0 Å². The van der Waals surface area contributed by atoms with Gasteiger partial charge in [-0.15, -0.1) is 0 Å². The highest BCUT2D eigenvalue weighted by Crippen LogP contribution is 2.15. The van der Waals surface area contributed by atoms with Crippen molar-refractivity contribution in [1.82, 2.24) is 0 Å². The van der Waals surface area contributed by atoms with Gasteiger partial charge >= 0.3 is 0 Å². The Labute approximate surface area is 71.8 Å². The van der Waals surface area contributed by atoms with Crippen molar-refractivity contribution in [1.29, 1.82) is 0 Å². The van der Waals surface area contributed by atoms with Gasteiger partial charge in [-0.25, -0.2) is 0 Å². The molecule has 2 atom stereocenters. The lowest BCUT2D eigenvalue weighted by Gasteiger charge is -2.20. The number of rotatable bonds is 6. The number of aliphatic hydroxyl groups is 3. The Morgan fingerprint density at radius 3 is 2.08 bits per heavy atom. The molecule has 72 valence electrons. The third kappa shape index (κ3) is 3.30. The molecule has 0 heterocycles. The highest BCUT2D eigenvalue weighted by molar-refractivity contribution is 5.78. The van der Waals surface area contributed by atoms with Gasteiger partial charge in [0.2, 0.25) is 0 Å². The van der Waals surface area contributed by atoms with Crippen LogP contribution in [-0.4, -0.2) is 40.9 Å². The Morgan fingerprint density at radius 2 is 1.83 bits per heavy atom. The van der Waals surface area contributed by atoms with Gasteiger partial charge in [-0.3, -0.25) is 4.79 Å². The normalized spacial score (nSPS) is 15.7. The molecule has 2 unspecified atom stereocenters. The third-order valence-corrected chi connectivity index (χ3v) is 2.02. The first-order valence-electron chi connectivity index (χ1n) is 4.00. The van der Waals surface area contributed by atoms with Crippen LogP contribution in [0.2, 0.25) is 0 Å². The molecule has 0 rings (SSSR count). The predicted octanol–water partition coefficient (Wildman–Crippen LogP) is -0.825. The summed E-state index contributed by atoms with van der Waals surface area (Å²) in [5, 5.41) is 26.2. The molecule has 0 amide bonds. The summed E-state index contributed by atoms with van der Waals surface area (Å²) < 4.78 is 0. The fourth-order valence-electron chi connectivity index (χ4n) is 1.20. The van der Waals surface area contributed by atoms with Gasteiger partial charge in [0.15, 0.2) is 0 Å². The topological polar surface area (TPSA) is 77.8 Å². The van der Waals surface area contributed by atoms with Crippen LogP contribution >= 0.6 is 0 Å². The van der Waals surface area contributed by atoms with E-state index in [9.17, 15) is 4.79 Å². The van der Waals surface area contributed by atoms with Crippen LogP contribution in [0.1, 0.15) is 13.3 Å². The lowest BCUT2D eigenvalue weighted by Crippen LogP contribution is -2.28. The minimum atomic E-state index is -0.540. The second-order valence-electron chi connectivity index (χ2n) is 2.85. The SMILES string of the molecule is CC(=O)C(CO)C(CO)CCO. The summed E-state index contributed by atoms with van der Waals surface area (Å²) in [6, 6.07) is 0. The monoisotopic (exact) mass is 176 g/mol. The number of aliphatic hydroxyl groups excluding tert-OH is 3. The highest BCUT2D eigenvalue weighted by Gasteiger charge is 2.23. The maximum atomic E-state index is 10.9. The molecule has 0 spiro atoms. The van der Waals surface area contributed by atoms with Crippen LogP contribution in [0.3, 0.4) is 0 Å². The van der Waals surface area contributed by atoms with Crippen LogP contribution in [0.4, 0.5) is 0 Å². The molecule has 4 heteroatoms. The number of hydrogen-bond donors (Lipinski definition) is 3. The van der Waals surface area contributed by atoms with E-state index in [0.717, 1.165) is 0 Å². The summed E-state index contributed by atoms with van der Waals surface area (Å²) in [6.45, 7) is 0.863. The van der Waals surface area contributed by atoms with Crippen molar-refractivity contribution < 1.29 is 20.1 Å². The van der Waals surface area contributed by atoms with Crippen LogP contribution in [0, 0.1) is 11.8 Å². The summed E-state index contributed by atoms with van der Waals surface area (Å²) in [7, 11) is 0. The second-order valence-corrected chi connectivity index (χ2v) is 2.85. The Kier molecular flexibility index (Phi) is 5.88. The average molecular weight is 176 g/mol. The third-order valence-electron chi connectivity index (χ3n) is 2.02. The van der Waals surface area contributed by atoms with Gasteiger partial charge in [0.25, 0.3) is 0 Å². The van der Waals surface area contributed by atoms with Crippen molar-refractivity contribution in [3.63, 3.8) is 0 Å². The minimum absolute atomic E-state index is 0.0744. The fourth-order valence-corrected chi connectivity index (χ4v) is 1.20. The Morgan fingerprint density at radius 1 is 1.25 bits per heavy atom. The van der Waals surface area contributed by atoms with E-state index in [4.69, 9.17) is 15.3 Å². The lowest BCUT2D eigenvalue weighted by molar-refractivity contribution is -0.124. The fraction of sp³-hybridized carbons (Fsp3) is 0.875. The average Bonchev–Trinajstić information content (AvgIpc) is 2.03. The molecule has 0 aliphatic heterocycles. The molecule has 0 bridgehead atoms. The molecule has 3 N–H and O–H groups in total. The van der Waals surface area contributed by atoms with Crippen LogP contribution in [0.25, 0.3) is 0 Å². The molecule has 0 saturated heterocycles. The molecule has 0 aliphatic carbocycles. The van der Waals surface area contributed by atoms with Gasteiger partial charge in [-0.05, 0) is 19.3 Å². The van der Waals surface area contributed by atoms with E-state index in [2.05, 4.69) is 0 Å². The molecule has 0 fully saturated rings. The van der Waals surface area contributed by atoms with Crippen LogP contribution in [0.5, 0.6) is 0 Å². The molecule has 0 aromatic carbocycles. The van der Waals surface area contributed by atoms with Crippen LogP contribution < -0.4 is 0 Å². The first-order chi connectivity index (χ1) is 5.67. The van der Waals surface area contributed by atoms with Crippen molar-refractivity contribution in [2.24, 2.45) is 11.8 Å². The number of Topliss-reactive ketones (excluding diaryl/α,β-unsaturated/α-hetero) is 1. The highest BCUT2D eigenvalue weighted by atomic mass is 16.3. The standard InChI is InChI=1S/C8H16O4/c1-6(12)8(5-11)7(4-10)2-3-9/h7-11H,2-5H2,1H3. The van der Waals surface area contributed by atoms with E-state index in [0.29, 0.717) is 6.42 Å². The Bertz CT molecular complexity index is 135. The summed E-state index contributed by atoms with van der Waals surface area (Å²) in [4.78, 5) is 10.9. The molecular weight excluding hydrogens is 160 g/mol. The molecule has 12 heavy (non-hydrogen) atoms. The smallest absolute Gasteiger partial charge is 0.135 e. The Balaban J connectivity index is 4.12. The van der Waals surface area contributed by atoms with Crippen molar-refractivity contribution >= 4 is 5.78 Å². The molecule has 4 nitrogen and oxygen atoms in total. The van der Waals surface area contributed by atoms with Gasteiger partial charge in [-0.2, -0.15) is 0 Å². The molecule has 0 radical (unpaired) electrons. The first-order valence-corrected chi connectivity index (χ1v) is 4.00. The van der Waals surface area contributed by atoms with Gasteiger partial charge in [0.05, 0.1) is 6.61 Å². The lowest BCUT2D eigenvalue weighted by atomic mass is 9.88. The van der Waals surface area contributed by atoms with Crippen molar-refractivity contribution in [2.45, 2.75) is 13.3 Å². The zero-order valence-electron chi connectivity index (χ0n) is 7.23. The van der Waals surface area contributed by atoms with Crippen molar-refractivity contribution in [3.8, 4) is 0 Å². The molecule has 0 saturated carbocycles. The van der Waals surface area contributed by atoms with E-state index in [1.807, 2.05) is 0 Å². The largest absolute Gasteiger partial charge is 0.396 e. The van der Waals surface area contributed by atoms with Crippen LogP contribution in [0.15, 0.2) is 0 Å². The van der Waals surface area contributed by atoms with E-state index in [1.54, 1.807) is 0 Å². The first kappa shape index (κ1) is 11.6. The quantitative estimate of drug-likeness (QED) is 0.494. The van der Waals surface area contributed by atoms with E-state index >= 15 is 0 Å². The number of carbonyl (C=O) groups is 1. The maximum Gasteiger partial charge on any atom is 0.135 e. The van der Waals surface area contributed by atoms with Gasteiger partial charge in [0, 0.05) is 19.1 Å².